The second kappa shape index (κ2) is 7.02. The summed E-state index contributed by atoms with van der Waals surface area (Å²) in [7, 11) is 0. The van der Waals surface area contributed by atoms with Crippen LogP contribution in [0.25, 0.3) is 0 Å². The van der Waals surface area contributed by atoms with Gasteiger partial charge in [-0.3, -0.25) is 0 Å². The molecule has 0 aliphatic carbocycles. The number of halogens is 2. The van der Waals surface area contributed by atoms with E-state index in [-0.39, 0.29) is 6.04 Å². The zero-order valence-electron chi connectivity index (χ0n) is 11.5. The Balaban J connectivity index is 2.27. The number of aryl methyl sites for hydroxylation is 1. The minimum Gasteiger partial charge on any atom is -0.309 e. The van der Waals surface area contributed by atoms with Crippen molar-refractivity contribution in [2.45, 2.75) is 26.3 Å². The van der Waals surface area contributed by atoms with Crippen LogP contribution in [0.5, 0.6) is 0 Å². The normalized spacial score (nSPS) is 12.4. The molecule has 2 rings (SSSR count). The zero-order valence-corrected chi connectivity index (χ0v) is 13.0. The molecule has 1 unspecified atom stereocenters. The molecule has 3 nitrogen and oxygen atoms in total. The van der Waals surface area contributed by atoms with Crippen LogP contribution in [0.4, 0.5) is 0 Å². The maximum Gasteiger partial charge on any atom is 0.125 e. The highest BCUT2D eigenvalue weighted by Crippen LogP contribution is 2.25. The molecule has 0 saturated heterocycles. The summed E-state index contributed by atoms with van der Waals surface area (Å²) in [5, 5.41) is 4.85. The summed E-state index contributed by atoms with van der Waals surface area (Å²) in [6.07, 6.45) is 2.52. The van der Waals surface area contributed by atoms with Crippen LogP contribution < -0.4 is 5.32 Å². The van der Waals surface area contributed by atoms with Crippen LogP contribution in [0, 0.1) is 6.92 Å². The minimum atomic E-state index is 0.0951. The van der Waals surface area contributed by atoms with Gasteiger partial charge in [0.15, 0.2) is 0 Å². The van der Waals surface area contributed by atoms with Gasteiger partial charge in [-0.1, -0.05) is 30.1 Å². The molecule has 0 radical (unpaired) electrons. The van der Waals surface area contributed by atoms with Crippen molar-refractivity contribution < 1.29 is 0 Å². The van der Waals surface area contributed by atoms with Crippen LogP contribution in [-0.4, -0.2) is 16.5 Å². The fourth-order valence-electron chi connectivity index (χ4n) is 2.12. The SMILES string of the molecule is CCNC(Cc1cc(Cl)ccc1Cl)c1ccnc(C)n1. The summed E-state index contributed by atoms with van der Waals surface area (Å²) < 4.78 is 0. The smallest absolute Gasteiger partial charge is 0.125 e. The Morgan fingerprint density at radius 3 is 2.75 bits per heavy atom. The molecule has 0 aliphatic heterocycles. The predicted molar refractivity (Wildman–Crippen MR) is 83.4 cm³/mol. The molecule has 0 aliphatic rings. The third kappa shape index (κ3) is 3.92. The molecule has 20 heavy (non-hydrogen) atoms. The van der Waals surface area contributed by atoms with Crippen LogP contribution >= 0.6 is 23.2 Å². The topological polar surface area (TPSA) is 37.8 Å². The first kappa shape index (κ1) is 15.2. The van der Waals surface area contributed by atoms with E-state index in [4.69, 9.17) is 23.2 Å². The van der Waals surface area contributed by atoms with Crippen molar-refractivity contribution in [2.24, 2.45) is 0 Å². The van der Waals surface area contributed by atoms with Crippen LogP contribution in [0.15, 0.2) is 30.5 Å². The highest BCUT2D eigenvalue weighted by Gasteiger charge is 2.15. The molecule has 5 heteroatoms. The van der Waals surface area contributed by atoms with Gasteiger partial charge < -0.3 is 5.32 Å². The number of nitrogens with one attached hydrogen (secondary N) is 1. The molecule has 1 aromatic heterocycles. The molecule has 1 N–H and O–H groups in total. The highest BCUT2D eigenvalue weighted by atomic mass is 35.5. The Labute approximate surface area is 129 Å². The molecule has 1 heterocycles. The van der Waals surface area contributed by atoms with E-state index < -0.39 is 0 Å². The van der Waals surface area contributed by atoms with Gasteiger partial charge in [0.25, 0.3) is 0 Å². The Morgan fingerprint density at radius 1 is 1.25 bits per heavy atom. The zero-order chi connectivity index (χ0) is 14.5. The predicted octanol–water partition coefficient (Wildman–Crippen LogP) is 3.99. The largest absolute Gasteiger partial charge is 0.309 e. The first-order valence-corrected chi connectivity index (χ1v) is 7.32. The van der Waals surface area contributed by atoms with Gasteiger partial charge >= 0.3 is 0 Å². The van der Waals surface area contributed by atoms with Crippen molar-refractivity contribution in [1.29, 1.82) is 0 Å². The summed E-state index contributed by atoms with van der Waals surface area (Å²) >= 11 is 12.3. The van der Waals surface area contributed by atoms with E-state index in [1.165, 1.54) is 0 Å². The molecule has 0 bridgehead atoms. The molecular formula is C15H17Cl2N3. The molecule has 2 aromatic rings. The van der Waals surface area contributed by atoms with E-state index in [0.717, 1.165) is 35.1 Å². The van der Waals surface area contributed by atoms with Crippen LogP contribution in [-0.2, 0) is 6.42 Å². The number of rotatable bonds is 5. The summed E-state index contributed by atoms with van der Waals surface area (Å²) in [6, 6.07) is 7.55. The monoisotopic (exact) mass is 309 g/mol. The second-order valence-electron chi connectivity index (χ2n) is 4.58. The number of nitrogens with zero attached hydrogens (tertiary/aromatic N) is 2. The van der Waals surface area contributed by atoms with Crippen molar-refractivity contribution in [1.82, 2.24) is 15.3 Å². The van der Waals surface area contributed by atoms with Crippen LogP contribution in [0.3, 0.4) is 0 Å². The van der Waals surface area contributed by atoms with E-state index in [1.54, 1.807) is 12.3 Å². The Morgan fingerprint density at radius 2 is 2.05 bits per heavy atom. The first-order valence-electron chi connectivity index (χ1n) is 6.57. The van der Waals surface area contributed by atoms with Crippen molar-refractivity contribution in [3.8, 4) is 0 Å². The first-order chi connectivity index (χ1) is 9.60. The lowest BCUT2D eigenvalue weighted by molar-refractivity contribution is 0.534. The quantitative estimate of drug-likeness (QED) is 0.907. The minimum absolute atomic E-state index is 0.0951. The fourth-order valence-corrected chi connectivity index (χ4v) is 2.51. The number of likely N-dealkylation sites (N-methyl/N-ethyl adjacent to an activating group) is 1. The maximum absolute atomic E-state index is 6.24. The van der Waals surface area contributed by atoms with E-state index in [2.05, 4.69) is 22.2 Å². The van der Waals surface area contributed by atoms with Gasteiger partial charge in [-0.2, -0.15) is 0 Å². The van der Waals surface area contributed by atoms with E-state index in [1.807, 2.05) is 25.1 Å². The summed E-state index contributed by atoms with van der Waals surface area (Å²) in [6.45, 7) is 4.81. The highest BCUT2D eigenvalue weighted by molar-refractivity contribution is 6.33. The van der Waals surface area contributed by atoms with Crippen molar-refractivity contribution in [2.75, 3.05) is 6.54 Å². The van der Waals surface area contributed by atoms with E-state index >= 15 is 0 Å². The lowest BCUT2D eigenvalue weighted by atomic mass is 10.0. The van der Waals surface area contributed by atoms with Gasteiger partial charge in [-0.05, 0) is 49.7 Å². The standard InChI is InChI=1S/C15H17Cl2N3/c1-3-18-15(14-6-7-19-10(2)20-14)9-11-8-12(16)4-5-13(11)17/h4-8,15,18H,3,9H2,1-2H3. The Bertz CT molecular complexity index is 587. The number of hydrogen-bond donors (Lipinski definition) is 1. The summed E-state index contributed by atoms with van der Waals surface area (Å²) in [5.74, 6) is 0.766. The van der Waals surface area contributed by atoms with E-state index in [0.29, 0.717) is 5.02 Å². The molecule has 106 valence electrons. The van der Waals surface area contributed by atoms with Crippen molar-refractivity contribution in [3.63, 3.8) is 0 Å². The Hall–Kier alpha value is -1.16. The molecule has 0 spiro atoms. The average molecular weight is 310 g/mol. The fraction of sp³-hybridized carbons (Fsp3) is 0.333. The van der Waals surface area contributed by atoms with Gasteiger partial charge in [0.1, 0.15) is 5.82 Å². The number of aromatic nitrogens is 2. The van der Waals surface area contributed by atoms with Crippen molar-refractivity contribution >= 4 is 23.2 Å². The third-order valence-corrected chi connectivity index (χ3v) is 3.64. The van der Waals surface area contributed by atoms with Gasteiger partial charge in [0.05, 0.1) is 11.7 Å². The molecular weight excluding hydrogens is 293 g/mol. The molecule has 0 fully saturated rings. The average Bonchev–Trinajstić information content (AvgIpc) is 2.42. The molecule has 0 saturated carbocycles. The Kier molecular flexibility index (Phi) is 5.35. The maximum atomic E-state index is 6.24. The third-order valence-electron chi connectivity index (χ3n) is 3.04. The second-order valence-corrected chi connectivity index (χ2v) is 5.42. The van der Waals surface area contributed by atoms with E-state index in [9.17, 15) is 0 Å². The lowest BCUT2D eigenvalue weighted by Gasteiger charge is -2.18. The summed E-state index contributed by atoms with van der Waals surface area (Å²) in [5.41, 5.74) is 1.98. The van der Waals surface area contributed by atoms with Crippen LogP contribution in [0.1, 0.15) is 30.0 Å². The summed E-state index contributed by atoms with van der Waals surface area (Å²) in [4.78, 5) is 8.63. The molecule has 1 atom stereocenters. The van der Waals surface area contributed by atoms with Gasteiger partial charge in [0.2, 0.25) is 0 Å². The van der Waals surface area contributed by atoms with Gasteiger partial charge in [-0.25, -0.2) is 9.97 Å². The lowest BCUT2D eigenvalue weighted by Crippen LogP contribution is -2.24. The van der Waals surface area contributed by atoms with Gasteiger partial charge in [0, 0.05) is 16.2 Å². The molecule has 0 amide bonds. The van der Waals surface area contributed by atoms with Crippen LogP contribution in [0.2, 0.25) is 10.0 Å². The number of benzene rings is 1. The number of hydrogen-bond acceptors (Lipinski definition) is 3. The van der Waals surface area contributed by atoms with Crippen molar-refractivity contribution in [3.05, 3.63) is 57.6 Å². The van der Waals surface area contributed by atoms with Gasteiger partial charge in [-0.15, -0.1) is 0 Å². The molecule has 1 aromatic carbocycles.